The summed E-state index contributed by atoms with van der Waals surface area (Å²) in [6, 6.07) is 0. The third kappa shape index (κ3) is 3.79. The van der Waals surface area contributed by atoms with Crippen LogP contribution in [0, 0.1) is 13.8 Å². The van der Waals surface area contributed by atoms with E-state index in [0.29, 0.717) is 43.3 Å². The fourth-order valence-electron chi connectivity index (χ4n) is 2.88. The normalized spacial score (nSPS) is 15.1. The Labute approximate surface area is 163 Å². The second kappa shape index (κ2) is 7.38. The first kappa shape index (κ1) is 20.1. The number of halogens is 4. The van der Waals surface area contributed by atoms with Gasteiger partial charge in [-0.2, -0.15) is 13.2 Å². The highest BCUT2D eigenvalue weighted by Gasteiger charge is 2.38. The summed E-state index contributed by atoms with van der Waals surface area (Å²) in [7, 11) is 0. The molecule has 1 aliphatic rings. The van der Waals surface area contributed by atoms with E-state index < -0.39 is 23.4 Å². The highest BCUT2D eigenvalue weighted by molar-refractivity contribution is 6.30. The van der Waals surface area contributed by atoms with Crippen molar-refractivity contribution in [1.29, 1.82) is 0 Å². The highest BCUT2D eigenvalue weighted by atomic mass is 35.5. The maximum absolute atomic E-state index is 13.1. The van der Waals surface area contributed by atoms with Gasteiger partial charge in [-0.1, -0.05) is 11.6 Å². The molecule has 0 atom stereocenters. The van der Waals surface area contributed by atoms with Crippen molar-refractivity contribution in [3.63, 3.8) is 0 Å². The number of anilines is 2. The predicted octanol–water partition coefficient (Wildman–Crippen LogP) is 2.58. The van der Waals surface area contributed by atoms with Crippen LogP contribution >= 0.6 is 11.6 Å². The molecule has 0 amide bonds. The summed E-state index contributed by atoms with van der Waals surface area (Å²) in [4.78, 5) is 21.8. The van der Waals surface area contributed by atoms with Crippen LogP contribution in [0.1, 0.15) is 27.2 Å². The third-order valence-electron chi connectivity index (χ3n) is 4.58. The first-order valence-electron chi connectivity index (χ1n) is 8.26. The van der Waals surface area contributed by atoms with Crippen LogP contribution in [0.25, 0.3) is 0 Å². The number of rotatable bonds is 3. The molecular formula is C16H16ClF3N6O2. The molecule has 150 valence electrons. The lowest BCUT2D eigenvalue weighted by Gasteiger charge is -2.36. The molecule has 1 aliphatic heterocycles. The van der Waals surface area contributed by atoms with Crippen LogP contribution in [0.4, 0.5) is 24.9 Å². The Morgan fingerprint density at radius 2 is 1.71 bits per heavy atom. The Balaban J connectivity index is 1.80. The van der Waals surface area contributed by atoms with E-state index in [4.69, 9.17) is 16.7 Å². The number of nitrogens with zero attached hydrogens (tertiary/aromatic N) is 6. The van der Waals surface area contributed by atoms with Crippen molar-refractivity contribution in [2.75, 3.05) is 36.0 Å². The van der Waals surface area contributed by atoms with Crippen LogP contribution in [-0.2, 0) is 6.18 Å². The van der Waals surface area contributed by atoms with Crippen LogP contribution in [0.15, 0.2) is 6.20 Å². The van der Waals surface area contributed by atoms with Gasteiger partial charge < -0.3 is 14.9 Å². The standard InChI is InChI=1S/C16H16ClF3N6O2/c1-8-9(2)13(24-23-12(8)17)25-3-5-26(6-4-25)15-21-7-10(14(27)28)11(22-15)16(18,19)20/h7H,3-6H2,1-2H3,(H,27,28). The molecule has 1 saturated heterocycles. The highest BCUT2D eigenvalue weighted by Crippen LogP contribution is 2.32. The Kier molecular flexibility index (Phi) is 5.28. The Morgan fingerprint density at radius 1 is 1.11 bits per heavy atom. The summed E-state index contributed by atoms with van der Waals surface area (Å²) in [6.45, 7) is 5.31. The molecule has 1 fully saturated rings. The number of alkyl halides is 3. The van der Waals surface area contributed by atoms with Crippen molar-refractivity contribution >= 4 is 29.3 Å². The van der Waals surface area contributed by atoms with Crippen molar-refractivity contribution in [3.05, 3.63) is 33.7 Å². The molecule has 12 heteroatoms. The average molecular weight is 417 g/mol. The Hall–Kier alpha value is -2.69. The van der Waals surface area contributed by atoms with Gasteiger partial charge in [-0.3, -0.25) is 0 Å². The van der Waals surface area contributed by atoms with Gasteiger partial charge in [-0.25, -0.2) is 14.8 Å². The van der Waals surface area contributed by atoms with Gasteiger partial charge in [0.25, 0.3) is 0 Å². The van der Waals surface area contributed by atoms with Crippen LogP contribution in [0.2, 0.25) is 5.15 Å². The van der Waals surface area contributed by atoms with Gasteiger partial charge in [0.15, 0.2) is 16.7 Å². The molecule has 3 heterocycles. The zero-order valence-corrected chi connectivity index (χ0v) is 15.7. The molecule has 2 aromatic rings. The van der Waals surface area contributed by atoms with E-state index in [-0.39, 0.29) is 5.95 Å². The number of aromatic carboxylic acids is 1. The van der Waals surface area contributed by atoms with Gasteiger partial charge in [0, 0.05) is 32.4 Å². The molecule has 0 saturated carbocycles. The molecule has 28 heavy (non-hydrogen) atoms. The maximum atomic E-state index is 13.1. The summed E-state index contributed by atoms with van der Waals surface area (Å²) in [5.41, 5.74) is -0.730. The van der Waals surface area contributed by atoms with Crippen molar-refractivity contribution < 1.29 is 23.1 Å². The SMILES string of the molecule is Cc1c(Cl)nnc(N2CCN(c3ncc(C(=O)O)c(C(F)(F)F)n3)CC2)c1C. The minimum Gasteiger partial charge on any atom is -0.478 e. The second-order valence-corrected chi connectivity index (χ2v) is 6.63. The van der Waals surface area contributed by atoms with Gasteiger partial charge in [-0.05, 0) is 25.0 Å². The van der Waals surface area contributed by atoms with E-state index >= 15 is 0 Å². The zero-order valence-electron chi connectivity index (χ0n) is 15.0. The molecule has 0 aromatic carbocycles. The van der Waals surface area contributed by atoms with Crippen molar-refractivity contribution in [1.82, 2.24) is 20.2 Å². The van der Waals surface area contributed by atoms with Gasteiger partial charge >= 0.3 is 12.1 Å². The Morgan fingerprint density at radius 3 is 2.29 bits per heavy atom. The van der Waals surface area contributed by atoms with Gasteiger partial charge in [0.05, 0.1) is 0 Å². The maximum Gasteiger partial charge on any atom is 0.434 e. The number of carboxylic acids is 1. The smallest absolute Gasteiger partial charge is 0.434 e. The number of piperazine rings is 1. The Bertz CT molecular complexity index is 916. The summed E-state index contributed by atoms with van der Waals surface area (Å²) >= 11 is 5.96. The van der Waals surface area contributed by atoms with E-state index in [1.54, 1.807) is 4.90 Å². The quantitative estimate of drug-likeness (QED) is 0.815. The lowest BCUT2D eigenvalue weighted by molar-refractivity contribution is -0.141. The summed E-state index contributed by atoms with van der Waals surface area (Å²) in [5.74, 6) is -1.22. The number of hydrogen-bond acceptors (Lipinski definition) is 7. The van der Waals surface area contributed by atoms with Crippen molar-refractivity contribution in [2.24, 2.45) is 0 Å². The van der Waals surface area contributed by atoms with Crippen LogP contribution in [0.3, 0.4) is 0 Å². The molecule has 1 N–H and O–H groups in total. The largest absolute Gasteiger partial charge is 0.478 e. The minimum absolute atomic E-state index is 0.160. The number of aromatic nitrogens is 4. The molecule has 2 aromatic heterocycles. The van der Waals surface area contributed by atoms with Crippen LogP contribution in [-0.4, -0.2) is 57.4 Å². The molecular weight excluding hydrogens is 401 g/mol. The van der Waals surface area contributed by atoms with E-state index in [1.807, 2.05) is 18.7 Å². The molecule has 0 unspecified atom stereocenters. The van der Waals surface area contributed by atoms with Gasteiger partial charge in [-0.15, -0.1) is 10.2 Å². The first-order valence-corrected chi connectivity index (χ1v) is 8.64. The molecule has 0 aliphatic carbocycles. The van der Waals surface area contributed by atoms with Crippen molar-refractivity contribution in [2.45, 2.75) is 20.0 Å². The second-order valence-electron chi connectivity index (χ2n) is 6.27. The monoisotopic (exact) mass is 416 g/mol. The van der Waals surface area contributed by atoms with E-state index in [0.717, 1.165) is 11.1 Å². The van der Waals surface area contributed by atoms with E-state index in [1.165, 1.54) is 0 Å². The van der Waals surface area contributed by atoms with E-state index in [2.05, 4.69) is 20.2 Å². The summed E-state index contributed by atoms with van der Waals surface area (Å²) < 4.78 is 39.4. The van der Waals surface area contributed by atoms with Gasteiger partial charge in [0.1, 0.15) is 5.56 Å². The van der Waals surface area contributed by atoms with Gasteiger partial charge in [0.2, 0.25) is 5.95 Å². The molecule has 3 rings (SSSR count). The lowest BCUT2D eigenvalue weighted by Crippen LogP contribution is -2.48. The third-order valence-corrected chi connectivity index (χ3v) is 4.94. The van der Waals surface area contributed by atoms with Crippen LogP contribution < -0.4 is 9.80 Å². The molecule has 8 nitrogen and oxygen atoms in total. The summed E-state index contributed by atoms with van der Waals surface area (Å²) in [5, 5.41) is 17.3. The van der Waals surface area contributed by atoms with Crippen LogP contribution in [0.5, 0.6) is 0 Å². The number of carboxylic acid groups (broad SMARTS) is 1. The summed E-state index contributed by atoms with van der Waals surface area (Å²) in [6.07, 6.45) is -4.20. The van der Waals surface area contributed by atoms with Crippen molar-refractivity contribution in [3.8, 4) is 0 Å². The fraction of sp³-hybridized carbons (Fsp3) is 0.438. The lowest BCUT2D eigenvalue weighted by atomic mass is 10.2. The number of carbonyl (C=O) groups is 1. The first-order chi connectivity index (χ1) is 13.1. The number of hydrogen-bond donors (Lipinski definition) is 1. The topological polar surface area (TPSA) is 95.3 Å². The molecule has 0 bridgehead atoms. The zero-order chi connectivity index (χ0) is 20.6. The molecule has 0 spiro atoms. The molecule has 0 radical (unpaired) electrons. The minimum atomic E-state index is -4.89. The average Bonchev–Trinajstić information content (AvgIpc) is 2.65. The fourth-order valence-corrected chi connectivity index (χ4v) is 3.06. The predicted molar refractivity (Wildman–Crippen MR) is 94.9 cm³/mol. The van der Waals surface area contributed by atoms with E-state index in [9.17, 15) is 18.0 Å².